The summed E-state index contributed by atoms with van der Waals surface area (Å²) in [5.74, 6) is 0. The Morgan fingerprint density at radius 3 is 1.00 bits per heavy atom. The molecule has 0 aliphatic heterocycles. The molecule has 0 amide bonds. The van der Waals surface area contributed by atoms with Gasteiger partial charge in [0.2, 0.25) is 0 Å². The van der Waals surface area contributed by atoms with Gasteiger partial charge in [0.1, 0.15) is 0 Å². The zero-order chi connectivity index (χ0) is 2.83. The maximum atomic E-state index is 1.50. The second kappa shape index (κ2) is 2.66. The highest BCUT2D eigenvalue weighted by molar-refractivity contribution is 6.92. The molecule has 1 heteroatoms. The van der Waals surface area contributed by atoms with Crippen LogP contribution in [0.25, 0.3) is 0 Å². The van der Waals surface area contributed by atoms with Gasteiger partial charge in [0, 0.05) is 1.43 Å². The highest BCUT2D eigenvalue weighted by Crippen LogP contribution is 2.15. The van der Waals surface area contributed by atoms with Gasteiger partial charge in [0.05, 0.1) is 0 Å². The Hall–Kier alpha value is 0.430. The van der Waals surface area contributed by atoms with Crippen LogP contribution in [0.1, 0.15) is 27.1 Å². The van der Waals surface area contributed by atoms with Crippen LogP contribution in [-0.4, -0.2) is 0 Å². The Morgan fingerprint density at radius 2 is 1.00 bits per heavy atom. The van der Waals surface area contributed by atoms with Gasteiger partial charge in [-0.2, -0.15) is 9.90 Å². The summed E-state index contributed by atoms with van der Waals surface area (Å²) in [6, 6.07) is 0. The quantitative estimate of drug-likeness (QED) is 0.400. The van der Waals surface area contributed by atoms with Crippen molar-refractivity contribution in [1.82, 2.24) is 0 Å². The third-order valence-electron chi connectivity index (χ3n) is 1.000. The van der Waals surface area contributed by atoms with E-state index in [2.05, 4.69) is 0 Å². The van der Waals surface area contributed by atoms with Gasteiger partial charge in [-0.15, -0.1) is 0 Å². The van der Waals surface area contributed by atoms with Gasteiger partial charge in [-0.3, -0.25) is 0 Å². The zero-order valence-corrected chi connectivity index (χ0v) is 4.95. The fourth-order valence-corrected chi connectivity index (χ4v) is 0.250. The minimum atomic E-state index is 0. The van der Waals surface area contributed by atoms with E-state index in [9.17, 15) is 0 Å². The van der Waals surface area contributed by atoms with E-state index >= 15 is 0 Å². The normalized spacial score (nSPS) is 19.2. The summed E-state index contributed by atoms with van der Waals surface area (Å²) in [6.07, 6.45) is 6.00. The van der Waals surface area contributed by atoms with E-state index in [0.29, 0.717) is 0 Å². The minimum absolute atomic E-state index is 0. The predicted molar refractivity (Wildman–Crippen MR) is 31.7 cm³/mol. The minimum Gasteiger partial charge on any atom is -0.153 e. The molecule has 1 fully saturated rings. The molecule has 1 atom stereocenters. The lowest BCUT2D eigenvalue weighted by atomic mass is 10.0. The van der Waals surface area contributed by atoms with Crippen LogP contribution in [0.2, 0.25) is 0 Å². The second-order valence-electron chi connectivity index (χ2n) is 1.41. The highest BCUT2D eigenvalue weighted by Gasteiger charge is 1.95. The maximum absolute atomic E-state index is 1.50. The maximum Gasteiger partial charge on any atom is 0 e. The molecular formula is C4H13P. The van der Waals surface area contributed by atoms with Crippen LogP contribution in [0.15, 0.2) is 0 Å². The molecule has 34 valence electrons. The Kier molecular flexibility index (Phi) is 2.88. The molecule has 1 saturated carbocycles. The summed E-state index contributed by atoms with van der Waals surface area (Å²) in [5.41, 5.74) is 0. The van der Waals surface area contributed by atoms with Crippen LogP contribution in [0, 0.1) is 0 Å². The molecule has 0 radical (unpaired) electrons. The third kappa shape index (κ3) is 1.33. The van der Waals surface area contributed by atoms with Crippen molar-refractivity contribution in [1.29, 1.82) is 0 Å². The molecule has 0 heterocycles. The molecule has 0 saturated heterocycles. The second-order valence-corrected chi connectivity index (χ2v) is 1.41. The van der Waals surface area contributed by atoms with E-state index in [0.717, 1.165) is 0 Å². The molecule has 5 heavy (non-hydrogen) atoms. The first kappa shape index (κ1) is 5.43. The van der Waals surface area contributed by atoms with Gasteiger partial charge >= 0.3 is 0 Å². The largest absolute Gasteiger partial charge is 0.153 e. The van der Waals surface area contributed by atoms with Crippen molar-refractivity contribution < 1.29 is 1.43 Å². The molecule has 0 N–H and O–H groups in total. The van der Waals surface area contributed by atoms with Gasteiger partial charge in [0.15, 0.2) is 0 Å². The van der Waals surface area contributed by atoms with E-state index in [-0.39, 0.29) is 11.3 Å². The van der Waals surface area contributed by atoms with Crippen molar-refractivity contribution in [3.8, 4) is 0 Å². The molecule has 0 nitrogen and oxygen atoms in total. The van der Waals surface area contributed by atoms with Gasteiger partial charge in [-0.25, -0.2) is 0 Å². The lowest BCUT2D eigenvalue weighted by molar-refractivity contribution is 0.504. The fourth-order valence-electron chi connectivity index (χ4n) is 0.250. The predicted octanol–water partition coefficient (Wildman–Crippen LogP) is 1.86. The molecule has 1 aliphatic rings. The first-order valence-electron chi connectivity index (χ1n) is 2.00. The third-order valence-corrected chi connectivity index (χ3v) is 1.000. The number of hydrogen-bond acceptors (Lipinski definition) is 0. The Morgan fingerprint density at radius 1 is 0.800 bits per heavy atom. The van der Waals surface area contributed by atoms with Crippen molar-refractivity contribution in [3.63, 3.8) is 0 Å². The van der Waals surface area contributed by atoms with Gasteiger partial charge < -0.3 is 0 Å². The van der Waals surface area contributed by atoms with Crippen molar-refractivity contribution in [2.24, 2.45) is 0 Å². The molecule has 1 rings (SSSR count). The molecule has 0 spiro atoms. The van der Waals surface area contributed by atoms with Crippen molar-refractivity contribution in [2.45, 2.75) is 25.7 Å². The highest BCUT2D eigenvalue weighted by atomic mass is 31.0. The van der Waals surface area contributed by atoms with Gasteiger partial charge in [0.25, 0.3) is 0 Å². The topological polar surface area (TPSA) is 0 Å². The standard InChI is InChI=1S/C4H8.H3P.H2/c1-2-4-3-1;;/h1-4H2;1H3;1H. The molecular weight excluding hydrogens is 79.0 g/mol. The Bertz CT molecular complexity index is 15.5. The average molecular weight is 92.1 g/mol. The van der Waals surface area contributed by atoms with E-state index in [1.807, 2.05) is 0 Å². The van der Waals surface area contributed by atoms with Crippen LogP contribution in [0.3, 0.4) is 0 Å². The molecule has 0 aromatic carbocycles. The fraction of sp³-hybridized carbons (Fsp3) is 1.00. The average Bonchev–Trinajstić information content (AvgIpc) is 0.722. The summed E-state index contributed by atoms with van der Waals surface area (Å²) < 4.78 is 0. The zero-order valence-electron chi connectivity index (χ0n) is 3.54. The van der Waals surface area contributed by atoms with Gasteiger partial charge in [-0.1, -0.05) is 25.7 Å². The molecule has 0 aromatic rings. The first-order valence-corrected chi connectivity index (χ1v) is 2.00. The summed E-state index contributed by atoms with van der Waals surface area (Å²) >= 11 is 0. The van der Waals surface area contributed by atoms with Gasteiger partial charge in [-0.05, 0) is 0 Å². The molecule has 0 bridgehead atoms. The van der Waals surface area contributed by atoms with E-state index in [1.165, 1.54) is 25.7 Å². The van der Waals surface area contributed by atoms with Crippen molar-refractivity contribution >= 4 is 9.90 Å². The number of rotatable bonds is 0. The monoisotopic (exact) mass is 92.1 g/mol. The summed E-state index contributed by atoms with van der Waals surface area (Å²) in [5, 5.41) is 0. The number of hydrogen-bond donors (Lipinski definition) is 0. The lowest BCUT2D eigenvalue weighted by Gasteiger charge is -2.05. The summed E-state index contributed by atoms with van der Waals surface area (Å²) in [6.45, 7) is 0. The smallest absolute Gasteiger partial charge is 0 e. The Balaban J connectivity index is 0. The van der Waals surface area contributed by atoms with E-state index < -0.39 is 0 Å². The molecule has 1 aliphatic carbocycles. The first-order chi connectivity index (χ1) is 2.00. The summed E-state index contributed by atoms with van der Waals surface area (Å²) in [4.78, 5) is 0. The summed E-state index contributed by atoms with van der Waals surface area (Å²) in [7, 11) is 0. The SMILES string of the molecule is C1CCC1.P.[HH]. The van der Waals surface area contributed by atoms with Crippen LogP contribution in [-0.2, 0) is 0 Å². The van der Waals surface area contributed by atoms with Crippen LogP contribution >= 0.6 is 9.90 Å². The van der Waals surface area contributed by atoms with Crippen molar-refractivity contribution in [3.05, 3.63) is 0 Å². The molecule has 1 unspecified atom stereocenters. The molecule has 0 aromatic heterocycles. The van der Waals surface area contributed by atoms with E-state index in [1.54, 1.807) is 0 Å². The van der Waals surface area contributed by atoms with Crippen LogP contribution < -0.4 is 0 Å². The van der Waals surface area contributed by atoms with E-state index in [4.69, 9.17) is 0 Å². The lowest BCUT2D eigenvalue weighted by Crippen LogP contribution is -1.85. The van der Waals surface area contributed by atoms with Crippen LogP contribution in [0.5, 0.6) is 0 Å². The van der Waals surface area contributed by atoms with Crippen LogP contribution in [0.4, 0.5) is 0 Å². The Labute approximate surface area is 38.1 Å². The van der Waals surface area contributed by atoms with Crippen molar-refractivity contribution in [2.75, 3.05) is 0 Å².